The molecule has 130 valence electrons. The number of carbonyl (C=O) groups excluding carboxylic acids is 2. The summed E-state index contributed by atoms with van der Waals surface area (Å²) in [5.74, 6) is -0.224. The average molecular weight is 338 g/mol. The summed E-state index contributed by atoms with van der Waals surface area (Å²) >= 11 is 0. The lowest BCUT2D eigenvalue weighted by molar-refractivity contribution is -0.122. The summed E-state index contributed by atoms with van der Waals surface area (Å²) in [7, 11) is 1.51. The van der Waals surface area contributed by atoms with Crippen molar-refractivity contribution < 1.29 is 14.3 Å². The smallest absolute Gasteiger partial charge is 0.255 e. The van der Waals surface area contributed by atoms with Crippen molar-refractivity contribution in [2.24, 2.45) is 0 Å². The summed E-state index contributed by atoms with van der Waals surface area (Å²) in [6, 6.07) is 11.5. The van der Waals surface area contributed by atoms with Gasteiger partial charge in [0.2, 0.25) is 0 Å². The van der Waals surface area contributed by atoms with E-state index in [1.807, 2.05) is 50.2 Å². The molecule has 0 saturated heterocycles. The van der Waals surface area contributed by atoms with Crippen LogP contribution in [0, 0.1) is 13.8 Å². The highest BCUT2D eigenvalue weighted by molar-refractivity contribution is 6.05. The Morgan fingerprint density at radius 3 is 2.52 bits per heavy atom. The Hall–Kier alpha value is -2.66. The van der Waals surface area contributed by atoms with Crippen LogP contribution in [0.4, 0.5) is 11.4 Å². The van der Waals surface area contributed by atoms with Gasteiger partial charge in [0.1, 0.15) is 6.61 Å². The number of rotatable bonds is 4. The number of nitrogens with zero attached hydrogens (tertiary/aromatic N) is 1. The molecule has 2 aromatic rings. The number of fused-ring (bicyclic) bond motifs is 1. The Labute approximate surface area is 147 Å². The molecule has 0 radical (unpaired) electrons. The van der Waals surface area contributed by atoms with Gasteiger partial charge in [-0.2, -0.15) is 0 Å². The van der Waals surface area contributed by atoms with Crippen molar-refractivity contribution in [2.75, 3.05) is 30.5 Å². The molecule has 0 aliphatic carbocycles. The number of hydrogen-bond acceptors (Lipinski definition) is 3. The summed E-state index contributed by atoms with van der Waals surface area (Å²) in [6.45, 7) is 4.64. The number of benzene rings is 2. The number of aryl methyl sites for hydroxylation is 2. The quantitative estimate of drug-likeness (QED) is 0.932. The molecule has 1 heterocycles. The zero-order chi connectivity index (χ0) is 18.0. The monoisotopic (exact) mass is 338 g/mol. The minimum Gasteiger partial charge on any atom is -0.375 e. The van der Waals surface area contributed by atoms with Crippen molar-refractivity contribution >= 4 is 23.2 Å². The van der Waals surface area contributed by atoms with E-state index < -0.39 is 0 Å². The van der Waals surface area contributed by atoms with E-state index in [1.165, 1.54) is 7.11 Å². The molecule has 0 atom stereocenters. The van der Waals surface area contributed by atoms with Gasteiger partial charge in [-0.15, -0.1) is 0 Å². The summed E-state index contributed by atoms with van der Waals surface area (Å²) < 4.78 is 4.95. The van der Waals surface area contributed by atoms with E-state index in [0.717, 1.165) is 28.8 Å². The van der Waals surface area contributed by atoms with Gasteiger partial charge in [-0.25, -0.2) is 0 Å². The molecule has 3 rings (SSSR count). The Morgan fingerprint density at radius 1 is 1.12 bits per heavy atom. The van der Waals surface area contributed by atoms with Gasteiger partial charge in [0.05, 0.1) is 0 Å². The molecule has 2 amide bonds. The zero-order valence-electron chi connectivity index (χ0n) is 14.8. The Morgan fingerprint density at radius 2 is 1.84 bits per heavy atom. The van der Waals surface area contributed by atoms with E-state index in [1.54, 1.807) is 4.90 Å². The second-order valence-corrected chi connectivity index (χ2v) is 6.40. The first kappa shape index (κ1) is 17.2. The minimum atomic E-state index is -0.153. The van der Waals surface area contributed by atoms with Gasteiger partial charge in [-0.3, -0.25) is 9.59 Å². The fourth-order valence-electron chi connectivity index (χ4n) is 3.23. The summed E-state index contributed by atoms with van der Waals surface area (Å²) in [5, 5.41) is 2.93. The maximum absolute atomic E-state index is 12.5. The van der Waals surface area contributed by atoms with Crippen LogP contribution in [0.15, 0.2) is 36.4 Å². The molecule has 1 aliphatic rings. The molecule has 1 N–H and O–H groups in total. The van der Waals surface area contributed by atoms with E-state index in [-0.39, 0.29) is 18.4 Å². The number of anilines is 2. The first-order valence-electron chi connectivity index (χ1n) is 8.30. The molecule has 25 heavy (non-hydrogen) atoms. The van der Waals surface area contributed by atoms with Crippen LogP contribution in [0.3, 0.4) is 0 Å². The highest BCUT2D eigenvalue weighted by atomic mass is 16.5. The molecule has 0 saturated carbocycles. The highest BCUT2D eigenvalue weighted by Gasteiger charge is 2.24. The van der Waals surface area contributed by atoms with Crippen LogP contribution in [-0.2, 0) is 16.0 Å². The van der Waals surface area contributed by atoms with Gasteiger partial charge < -0.3 is 15.0 Å². The lowest BCUT2D eigenvalue weighted by Gasteiger charge is -2.17. The second kappa shape index (κ2) is 7.07. The average Bonchev–Trinajstić information content (AvgIpc) is 2.97. The van der Waals surface area contributed by atoms with Gasteiger partial charge in [0.15, 0.2) is 0 Å². The number of nitrogens with one attached hydrogen (secondary N) is 1. The maximum Gasteiger partial charge on any atom is 0.255 e. The van der Waals surface area contributed by atoms with Gasteiger partial charge in [-0.1, -0.05) is 23.3 Å². The standard InChI is InChI=1S/C20H22N2O3/c1-13-8-14(2)10-16(9-13)20(24)21-17-5-4-15-6-7-22(18(15)11-17)19(23)12-25-3/h4-5,8-11H,6-7,12H2,1-3H3,(H,21,24). The first-order chi connectivity index (χ1) is 12.0. The molecule has 0 spiro atoms. The summed E-state index contributed by atoms with van der Waals surface area (Å²) in [6.07, 6.45) is 0.816. The summed E-state index contributed by atoms with van der Waals surface area (Å²) in [5.41, 5.74) is 5.37. The molecule has 0 bridgehead atoms. The molecular formula is C20H22N2O3. The van der Waals surface area contributed by atoms with Crippen LogP contribution in [0.1, 0.15) is 27.0 Å². The normalized spacial score (nSPS) is 12.8. The molecule has 0 fully saturated rings. The van der Waals surface area contributed by atoms with Crippen LogP contribution in [0.2, 0.25) is 0 Å². The highest BCUT2D eigenvalue weighted by Crippen LogP contribution is 2.31. The molecule has 5 nitrogen and oxygen atoms in total. The molecule has 1 aliphatic heterocycles. The predicted molar refractivity (Wildman–Crippen MR) is 98.2 cm³/mol. The predicted octanol–water partition coefficient (Wildman–Crippen LogP) is 3.09. The third kappa shape index (κ3) is 3.72. The Bertz CT molecular complexity index is 809. The summed E-state index contributed by atoms with van der Waals surface area (Å²) in [4.78, 5) is 26.4. The number of methoxy groups -OCH3 is 1. The topological polar surface area (TPSA) is 58.6 Å². The number of ether oxygens (including phenoxy) is 1. The van der Waals surface area contributed by atoms with Crippen molar-refractivity contribution in [3.05, 3.63) is 58.7 Å². The van der Waals surface area contributed by atoms with Gasteiger partial charge in [-0.05, 0) is 50.1 Å². The lowest BCUT2D eigenvalue weighted by atomic mass is 10.1. The molecule has 2 aromatic carbocycles. The third-order valence-electron chi connectivity index (χ3n) is 4.29. The van der Waals surface area contributed by atoms with E-state index in [0.29, 0.717) is 17.8 Å². The zero-order valence-corrected chi connectivity index (χ0v) is 14.8. The first-order valence-corrected chi connectivity index (χ1v) is 8.30. The van der Waals surface area contributed by atoms with Gasteiger partial charge in [0.25, 0.3) is 11.8 Å². The third-order valence-corrected chi connectivity index (χ3v) is 4.29. The van der Waals surface area contributed by atoms with Crippen molar-refractivity contribution in [1.82, 2.24) is 0 Å². The Balaban J connectivity index is 1.81. The molecular weight excluding hydrogens is 316 g/mol. The van der Waals surface area contributed by atoms with Gasteiger partial charge >= 0.3 is 0 Å². The number of amides is 2. The molecule has 0 unspecified atom stereocenters. The molecule has 0 aromatic heterocycles. The van der Waals surface area contributed by atoms with Crippen molar-refractivity contribution in [3.8, 4) is 0 Å². The van der Waals surface area contributed by atoms with Crippen LogP contribution in [-0.4, -0.2) is 32.1 Å². The van der Waals surface area contributed by atoms with E-state index >= 15 is 0 Å². The number of hydrogen-bond donors (Lipinski definition) is 1. The lowest BCUT2D eigenvalue weighted by Crippen LogP contribution is -2.32. The second-order valence-electron chi connectivity index (χ2n) is 6.40. The SMILES string of the molecule is COCC(=O)N1CCc2ccc(NC(=O)c3cc(C)cc(C)c3)cc21. The van der Waals surface area contributed by atoms with Crippen molar-refractivity contribution in [1.29, 1.82) is 0 Å². The van der Waals surface area contributed by atoms with Crippen LogP contribution in [0.25, 0.3) is 0 Å². The van der Waals surface area contributed by atoms with E-state index in [4.69, 9.17) is 4.74 Å². The van der Waals surface area contributed by atoms with Crippen molar-refractivity contribution in [3.63, 3.8) is 0 Å². The van der Waals surface area contributed by atoms with E-state index in [9.17, 15) is 9.59 Å². The van der Waals surface area contributed by atoms with Crippen LogP contribution >= 0.6 is 0 Å². The minimum absolute atomic E-state index is 0.0542. The van der Waals surface area contributed by atoms with Crippen LogP contribution < -0.4 is 10.2 Å². The van der Waals surface area contributed by atoms with Crippen molar-refractivity contribution in [2.45, 2.75) is 20.3 Å². The fraction of sp³-hybridized carbons (Fsp3) is 0.300. The largest absolute Gasteiger partial charge is 0.375 e. The molecule has 5 heteroatoms. The van der Waals surface area contributed by atoms with E-state index in [2.05, 4.69) is 5.32 Å². The van der Waals surface area contributed by atoms with Crippen LogP contribution in [0.5, 0.6) is 0 Å². The Kier molecular flexibility index (Phi) is 4.86. The fourth-order valence-corrected chi connectivity index (χ4v) is 3.23. The number of carbonyl (C=O) groups is 2. The maximum atomic E-state index is 12.5. The van der Waals surface area contributed by atoms with Gasteiger partial charge in [0, 0.05) is 30.6 Å².